The molecule has 2 fully saturated rings. The van der Waals surface area contributed by atoms with Gasteiger partial charge in [-0.15, -0.1) is 0 Å². The van der Waals surface area contributed by atoms with E-state index < -0.39 is 12.2 Å². The van der Waals surface area contributed by atoms with Gasteiger partial charge in [0.1, 0.15) is 0 Å². The molecule has 0 aromatic rings. The third kappa shape index (κ3) is 2.29. The minimum atomic E-state index is -0.602. The first-order valence-corrected chi connectivity index (χ1v) is 9.22. The van der Waals surface area contributed by atoms with Crippen LogP contribution in [0.25, 0.3) is 0 Å². The Morgan fingerprint density at radius 3 is 2.45 bits per heavy atom. The lowest BCUT2D eigenvalue weighted by atomic mass is 9.51. The van der Waals surface area contributed by atoms with Crippen molar-refractivity contribution in [2.75, 3.05) is 0 Å². The second-order valence-corrected chi connectivity index (χ2v) is 9.39. The zero-order valence-electron chi connectivity index (χ0n) is 15.0. The largest absolute Gasteiger partial charge is 0.390 e. The lowest BCUT2D eigenvalue weighted by Gasteiger charge is -2.55. The third-order valence-electron chi connectivity index (χ3n) is 7.59. The monoisotopic (exact) mass is 306 g/mol. The van der Waals surface area contributed by atoms with Crippen LogP contribution in [0.1, 0.15) is 66.7 Å². The Bertz CT molecular complexity index is 468. The summed E-state index contributed by atoms with van der Waals surface area (Å²) in [6, 6.07) is 0. The second-order valence-electron chi connectivity index (χ2n) is 9.39. The second kappa shape index (κ2) is 5.34. The highest BCUT2D eigenvalue weighted by Crippen LogP contribution is 2.65. The first-order chi connectivity index (χ1) is 10.2. The van der Waals surface area contributed by atoms with Crippen molar-refractivity contribution in [3.63, 3.8) is 0 Å². The summed E-state index contributed by atoms with van der Waals surface area (Å²) in [6.45, 7) is 11.6. The molecule has 7 atom stereocenters. The van der Waals surface area contributed by atoms with Crippen molar-refractivity contribution in [3.05, 3.63) is 11.6 Å². The molecule has 3 aliphatic rings. The molecule has 2 N–H and O–H groups in total. The Hall–Kier alpha value is -0.340. The molecule has 0 amide bonds. The fraction of sp³-hybridized carbons (Fsp3) is 0.900. The molecule has 3 aliphatic carbocycles. The lowest BCUT2D eigenvalue weighted by molar-refractivity contribution is -0.125. The molecular formula is C20H34O2. The molecule has 22 heavy (non-hydrogen) atoms. The van der Waals surface area contributed by atoms with Gasteiger partial charge in [0.2, 0.25) is 0 Å². The molecule has 0 aromatic carbocycles. The predicted octanol–water partition coefficient (Wildman–Crippen LogP) is 4.16. The van der Waals surface area contributed by atoms with Crippen molar-refractivity contribution in [1.82, 2.24) is 0 Å². The number of rotatable bonds is 1. The molecule has 0 radical (unpaired) electrons. The highest BCUT2D eigenvalue weighted by molar-refractivity contribution is 5.19. The summed E-state index contributed by atoms with van der Waals surface area (Å²) in [5.41, 5.74) is 1.52. The molecule has 126 valence electrons. The number of allylic oxidation sites excluding steroid dienone is 1. The molecule has 2 nitrogen and oxygen atoms in total. The Morgan fingerprint density at radius 1 is 1.14 bits per heavy atom. The molecule has 2 heteroatoms. The van der Waals surface area contributed by atoms with Crippen molar-refractivity contribution in [2.24, 2.45) is 34.5 Å². The lowest BCUT2D eigenvalue weighted by Crippen LogP contribution is -2.53. The standard InChI is InChI=1S/C20H34O2/c1-12(2)14-6-7-19(4)8-9-20(5)15(17(14)19)10-13(3)11-16(21)18(20)22/h10,12,14-18,21-22H,6-9,11H2,1-5H3/t14-,15-,16+,17+,18+,19-,20-/m1/s1. The van der Waals surface area contributed by atoms with Crippen molar-refractivity contribution in [2.45, 2.75) is 78.9 Å². The summed E-state index contributed by atoms with van der Waals surface area (Å²) >= 11 is 0. The van der Waals surface area contributed by atoms with Gasteiger partial charge in [-0.1, -0.05) is 39.3 Å². The molecule has 3 rings (SSSR count). The highest BCUT2D eigenvalue weighted by Gasteiger charge is 2.59. The Morgan fingerprint density at radius 2 is 1.82 bits per heavy atom. The molecule has 0 aromatic heterocycles. The van der Waals surface area contributed by atoms with Gasteiger partial charge in [-0.2, -0.15) is 0 Å². The van der Waals surface area contributed by atoms with Gasteiger partial charge in [0.25, 0.3) is 0 Å². The fourth-order valence-electron chi connectivity index (χ4n) is 6.13. The van der Waals surface area contributed by atoms with E-state index in [1.165, 1.54) is 24.8 Å². The van der Waals surface area contributed by atoms with E-state index in [0.717, 1.165) is 12.3 Å². The molecule has 0 bridgehead atoms. The van der Waals surface area contributed by atoms with E-state index in [0.29, 0.717) is 29.6 Å². The molecule has 0 spiro atoms. The fourth-order valence-corrected chi connectivity index (χ4v) is 6.13. The van der Waals surface area contributed by atoms with E-state index in [4.69, 9.17) is 0 Å². The van der Waals surface area contributed by atoms with E-state index in [1.807, 2.05) is 0 Å². The normalized spacial score (nSPS) is 52.0. The topological polar surface area (TPSA) is 40.5 Å². The molecular weight excluding hydrogens is 272 g/mol. The van der Waals surface area contributed by atoms with Crippen molar-refractivity contribution in [1.29, 1.82) is 0 Å². The maximum absolute atomic E-state index is 10.9. The summed E-state index contributed by atoms with van der Waals surface area (Å²) in [4.78, 5) is 0. The SMILES string of the molecule is CC1=C[C@@H]2[C@@H]3[C@@H](C(C)C)CC[C@]3(C)CC[C@@]2(C)[C@@H](O)[C@@H](O)C1. The van der Waals surface area contributed by atoms with Crippen LogP contribution in [0, 0.1) is 34.5 Å². The van der Waals surface area contributed by atoms with E-state index >= 15 is 0 Å². The van der Waals surface area contributed by atoms with Crippen LogP contribution in [0.3, 0.4) is 0 Å². The molecule has 2 saturated carbocycles. The summed E-state index contributed by atoms with van der Waals surface area (Å²) in [5.74, 6) is 2.52. The first kappa shape index (κ1) is 16.5. The van der Waals surface area contributed by atoms with Gasteiger partial charge in [-0.3, -0.25) is 0 Å². The van der Waals surface area contributed by atoms with Crippen LogP contribution in [0.4, 0.5) is 0 Å². The summed E-state index contributed by atoms with van der Waals surface area (Å²) in [7, 11) is 0. The third-order valence-corrected chi connectivity index (χ3v) is 7.59. The maximum atomic E-state index is 10.9. The van der Waals surface area contributed by atoms with Crippen molar-refractivity contribution < 1.29 is 10.2 Å². The zero-order valence-corrected chi connectivity index (χ0v) is 15.0. The van der Waals surface area contributed by atoms with Gasteiger partial charge < -0.3 is 10.2 Å². The number of hydrogen-bond acceptors (Lipinski definition) is 2. The average Bonchev–Trinajstić information content (AvgIpc) is 2.76. The zero-order chi connectivity index (χ0) is 16.3. The van der Waals surface area contributed by atoms with Gasteiger partial charge >= 0.3 is 0 Å². The van der Waals surface area contributed by atoms with Crippen LogP contribution >= 0.6 is 0 Å². The smallest absolute Gasteiger partial charge is 0.0861 e. The Balaban J connectivity index is 2.07. The first-order valence-electron chi connectivity index (χ1n) is 9.22. The number of fused-ring (bicyclic) bond motifs is 3. The highest BCUT2D eigenvalue weighted by atomic mass is 16.3. The van der Waals surface area contributed by atoms with E-state index in [2.05, 4.69) is 40.7 Å². The van der Waals surface area contributed by atoms with E-state index in [9.17, 15) is 10.2 Å². The summed E-state index contributed by atoms with van der Waals surface area (Å²) in [5, 5.41) is 21.3. The van der Waals surface area contributed by atoms with Gasteiger partial charge in [0.05, 0.1) is 12.2 Å². The minimum absolute atomic E-state index is 0.168. The van der Waals surface area contributed by atoms with Crippen LogP contribution in [0.5, 0.6) is 0 Å². The predicted molar refractivity (Wildman–Crippen MR) is 90.4 cm³/mol. The average molecular weight is 306 g/mol. The van der Waals surface area contributed by atoms with Crippen LogP contribution < -0.4 is 0 Å². The summed E-state index contributed by atoms with van der Waals surface area (Å²) in [6.07, 6.45) is 6.77. The van der Waals surface area contributed by atoms with Gasteiger partial charge in [0, 0.05) is 5.41 Å². The van der Waals surface area contributed by atoms with Crippen LogP contribution in [-0.2, 0) is 0 Å². The molecule has 0 aliphatic heterocycles. The van der Waals surface area contributed by atoms with Crippen LogP contribution in [0.15, 0.2) is 11.6 Å². The molecule has 0 saturated heterocycles. The van der Waals surface area contributed by atoms with Crippen LogP contribution in [-0.4, -0.2) is 22.4 Å². The van der Waals surface area contributed by atoms with E-state index in [1.54, 1.807) is 0 Å². The van der Waals surface area contributed by atoms with Crippen LogP contribution in [0.2, 0.25) is 0 Å². The van der Waals surface area contributed by atoms with Gasteiger partial charge in [0.15, 0.2) is 0 Å². The minimum Gasteiger partial charge on any atom is -0.390 e. The van der Waals surface area contributed by atoms with Crippen molar-refractivity contribution in [3.8, 4) is 0 Å². The van der Waals surface area contributed by atoms with Gasteiger partial charge in [-0.25, -0.2) is 0 Å². The van der Waals surface area contributed by atoms with Crippen molar-refractivity contribution >= 4 is 0 Å². The number of aliphatic hydroxyl groups excluding tert-OH is 2. The van der Waals surface area contributed by atoms with E-state index in [-0.39, 0.29) is 5.41 Å². The number of aliphatic hydroxyl groups is 2. The Labute approximate surface area is 136 Å². The molecule has 0 unspecified atom stereocenters. The van der Waals surface area contributed by atoms with Gasteiger partial charge in [-0.05, 0) is 68.1 Å². The summed E-state index contributed by atoms with van der Waals surface area (Å²) < 4.78 is 0. The number of hydrogen-bond donors (Lipinski definition) is 2. The quantitative estimate of drug-likeness (QED) is 0.714. The molecule has 0 heterocycles. The Kier molecular flexibility index (Phi) is 4.01. The maximum Gasteiger partial charge on any atom is 0.0861 e.